The molecule has 0 aromatic heterocycles. The third kappa shape index (κ3) is 1.26. The van der Waals surface area contributed by atoms with Crippen LogP contribution in [0.3, 0.4) is 0 Å². The van der Waals surface area contributed by atoms with Crippen LogP contribution >= 0.6 is 0 Å². The van der Waals surface area contributed by atoms with E-state index in [1.807, 2.05) is 0 Å². The van der Waals surface area contributed by atoms with Crippen molar-refractivity contribution in [3.05, 3.63) is 0 Å². The molecule has 10 heavy (non-hydrogen) atoms. The number of rotatable bonds is 2. The van der Waals surface area contributed by atoms with E-state index >= 15 is 0 Å². The van der Waals surface area contributed by atoms with E-state index in [-0.39, 0.29) is 12.3 Å². The van der Waals surface area contributed by atoms with Crippen LogP contribution in [-0.2, 0) is 9.59 Å². The first-order valence-electron chi connectivity index (χ1n) is 3.05. The van der Waals surface area contributed by atoms with Gasteiger partial charge in [0.25, 0.3) is 0 Å². The maximum absolute atomic E-state index is 10.4. The molecule has 4 heteroatoms. The van der Waals surface area contributed by atoms with Gasteiger partial charge in [0.2, 0.25) is 5.91 Å². The van der Waals surface area contributed by atoms with E-state index in [9.17, 15) is 9.59 Å². The second kappa shape index (κ2) is 1.97. The Bertz CT molecular complexity index is 179. The fourth-order valence-electron chi connectivity index (χ4n) is 1.11. The number of β-lactam (4-membered cyclic amide) rings is 1. The molecule has 1 atom stereocenters. The molecule has 0 saturated carbocycles. The normalized spacial score (nSPS) is 30.7. The Hall–Kier alpha value is -1.06. The van der Waals surface area contributed by atoms with Crippen LogP contribution in [0.15, 0.2) is 0 Å². The third-order valence-corrected chi connectivity index (χ3v) is 1.53. The van der Waals surface area contributed by atoms with Gasteiger partial charge in [-0.2, -0.15) is 0 Å². The van der Waals surface area contributed by atoms with Gasteiger partial charge in [0.05, 0.1) is 12.0 Å². The van der Waals surface area contributed by atoms with Crippen molar-refractivity contribution in [1.82, 2.24) is 5.32 Å². The lowest BCUT2D eigenvalue weighted by atomic mass is 9.86. The molecule has 1 aliphatic rings. The third-order valence-electron chi connectivity index (χ3n) is 1.53. The number of hydrogen-bond donors (Lipinski definition) is 2. The molecule has 1 heterocycles. The summed E-state index contributed by atoms with van der Waals surface area (Å²) in [4.78, 5) is 20.6. The van der Waals surface area contributed by atoms with E-state index in [1.165, 1.54) is 0 Å². The number of carbonyl (C=O) groups excluding carboxylic acids is 1. The lowest BCUT2D eigenvalue weighted by Gasteiger charge is -2.37. The van der Waals surface area contributed by atoms with Crippen LogP contribution in [0, 0.1) is 0 Å². The first-order chi connectivity index (χ1) is 4.52. The van der Waals surface area contributed by atoms with Gasteiger partial charge in [-0.05, 0) is 6.92 Å². The molecule has 0 aromatic rings. The predicted octanol–water partition coefficient (Wildman–Crippen LogP) is -0.260. The molecule has 1 rings (SSSR count). The number of carboxylic acid groups (broad SMARTS) is 1. The summed E-state index contributed by atoms with van der Waals surface area (Å²) in [6.07, 6.45) is 0.345. The van der Waals surface area contributed by atoms with E-state index in [1.54, 1.807) is 6.92 Å². The molecular formula is C6H9NO3. The topological polar surface area (TPSA) is 66.4 Å². The van der Waals surface area contributed by atoms with Crippen LogP contribution in [0.2, 0.25) is 0 Å². The highest BCUT2D eigenvalue weighted by Gasteiger charge is 2.39. The van der Waals surface area contributed by atoms with E-state index in [0.717, 1.165) is 0 Å². The SMILES string of the molecule is C[C@@]1(CC(=O)O)CC(=O)N1. The first kappa shape index (κ1) is 7.05. The zero-order valence-electron chi connectivity index (χ0n) is 5.68. The minimum atomic E-state index is -0.873. The molecule has 2 N–H and O–H groups in total. The van der Waals surface area contributed by atoms with E-state index in [0.29, 0.717) is 6.42 Å². The number of hydrogen-bond acceptors (Lipinski definition) is 2. The summed E-state index contributed by atoms with van der Waals surface area (Å²) in [6.45, 7) is 1.72. The van der Waals surface area contributed by atoms with Crippen molar-refractivity contribution >= 4 is 11.9 Å². The van der Waals surface area contributed by atoms with Gasteiger partial charge in [-0.1, -0.05) is 0 Å². The molecule has 0 radical (unpaired) electrons. The minimum absolute atomic E-state index is 0.0126. The Morgan fingerprint density at radius 1 is 1.90 bits per heavy atom. The average molecular weight is 143 g/mol. The van der Waals surface area contributed by atoms with Crippen LogP contribution in [0.1, 0.15) is 19.8 Å². The maximum Gasteiger partial charge on any atom is 0.305 e. The lowest BCUT2D eigenvalue weighted by Crippen LogP contribution is -2.59. The molecule has 1 fully saturated rings. The summed E-state index contributed by atoms with van der Waals surface area (Å²) in [5.41, 5.74) is -0.483. The molecule has 1 aliphatic heterocycles. The quantitative estimate of drug-likeness (QED) is 0.523. The van der Waals surface area contributed by atoms with Crippen LogP contribution < -0.4 is 5.32 Å². The summed E-state index contributed by atoms with van der Waals surface area (Å²) >= 11 is 0. The highest BCUT2D eigenvalue weighted by Crippen LogP contribution is 2.22. The van der Waals surface area contributed by atoms with Crippen molar-refractivity contribution in [2.75, 3.05) is 0 Å². The second-order valence-electron chi connectivity index (χ2n) is 2.86. The van der Waals surface area contributed by atoms with Crippen molar-refractivity contribution in [3.8, 4) is 0 Å². The molecule has 4 nitrogen and oxygen atoms in total. The van der Waals surface area contributed by atoms with Crippen molar-refractivity contribution in [2.24, 2.45) is 0 Å². The summed E-state index contributed by atoms with van der Waals surface area (Å²) in [5.74, 6) is -0.939. The molecule has 0 bridgehead atoms. The Kier molecular flexibility index (Phi) is 1.39. The zero-order chi connectivity index (χ0) is 7.78. The van der Waals surface area contributed by atoms with Crippen molar-refractivity contribution in [2.45, 2.75) is 25.3 Å². The largest absolute Gasteiger partial charge is 0.481 e. The van der Waals surface area contributed by atoms with Gasteiger partial charge in [0.1, 0.15) is 0 Å². The summed E-state index contributed by atoms with van der Waals surface area (Å²) in [6, 6.07) is 0. The highest BCUT2D eigenvalue weighted by atomic mass is 16.4. The molecule has 1 saturated heterocycles. The van der Waals surface area contributed by atoms with Gasteiger partial charge in [-0.3, -0.25) is 9.59 Å². The van der Waals surface area contributed by atoms with Crippen LogP contribution in [-0.4, -0.2) is 22.5 Å². The highest BCUT2D eigenvalue weighted by molar-refractivity contribution is 5.86. The van der Waals surface area contributed by atoms with Crippen molar-refractivity contribution < 1.29 is 14.7 Å². The number of aliphatic carboxylic acids is 1. The lowest BCUT2D eigenvalue weighted by molar-refractivity contribution is -0.142. The van der Waals surface area contributed by atoms with Crippen LogP contribution in [0.4, 0.5) is 0 Å². The molecule has 1 amide bonds. The van der Waals surface area contributed by atoms with E-state index in [2.05, 4.69) is 5.32 Å². The molecule has 0 aromatic carbocycles. The minimum Gasteiger partial charge on any atom is -0.481 e. The molecule has 0 unspecified atom stereocenters. The average Bonchev–Trinajstić information content (AvgIpc) is 1.57. The van der Waals surface area contributed by atoms with Crippen molar-refractivity contribution in [3.63, 3.8) is 0 Å². The van der Waals surface area contributed by atoms with Crippen LogP contribution in [0.25, 0.3) is 0 Å². The Morgan fingerprint density at radius 2 is 2.40 bits per heavy atom. The number of amides is 1. The van der Waals surface area contributed by atoms with Gasteiger partial charge in [0.15, 0.2) is 0 Å². The van der Waals surface area contributed by atoms with Gasteiger partial charge >= 0.3 is 5.97 Å². The number of carboxylic acids is 1. The van der Waals surface area contributed by atoms with Crippen molar-refractivity contribution in [1.29, 1.82) is 0 Å². The molecule has 0 aliphatic carbocycles. The Balaban J connectivity index is 2.41. The van der Waals surface area contributed by atoms with E-state index in [4.69, 9.17) is 5.11 Å². The van der Waals surface area contributed by atoms with Crippen LogP contribution in [0.5, 0.6) is 0 Å². The first-order valence-corrected chi connectivity index (χ1v) is 3.05. The Morgan fingerprint density at radius 3 is 2.70 bits per heavy atom. The summed E-state index contributed by atoms with van der Waals surface area (Å²) in [5, 5.41) is 10.9. The molecule has 56 valence electrons. The fraction of sp³-hybridized carbons (Fsp3) is 0.667. The van der Waals surface area contributed by atoms with Gasteiger partial charge in [0, 0.05) is 6.42 Å². The summed E-state index contributed by atoms with van der Waals surface area (Å²) in [7, 11) is 0. The second-order valence-corrected chi connectivity index (χ2v) is 2.86. The van der Waals surface area contributed by atoms with E-state index < -0.39 is 11.5 Å². The predicted molar refractivity (Wildman–Crippen MR) is 33.4 cm³/mol. The standard InChI is InChI=1S/C6H9NO3/c1-6(3-5(9)10)2-4(8)7-6/h2-3H2,1H3,(H,7,8)(H,9,10)/t6-/m0/s1. The van der Waals surface area contributed by atoms with Gasteiger partial charge < -0.3 is 10.4 Å². The zero-order valence-corrected chi connectivity index (χ0v) is 5.68. The monoisotopic (exact) mass is 143 g/mol. The smallest absolute Gasteiger partial charge is 0.305 e. The van der Waals surface area contributed by atoms with Gasteiger partial charge in [-0.25, -0.2) is 0 Å². The summed E-state index contributed by atoms with van der Waals surface area (Å²) < 4.78 is 0. The van der Waals surface area contributed by atoms with Gasteiger partial charge in [-0.15, -0.1) is 0 Å². The fourth-order valence-corrected chi connectivity index (χ4v) is 1.11. The molecular weight excluding hydrogens is 134 g/mol. The number of nitrogens with one attached hydrogen (secondary N) is 1. The molecule has 0 spiro atoms. The maximum atomic E-state index is 10.4. The Labute approximate surface area is 58.2 Å². The number of carbonyl (C=O) groups is 2.